The van der Waals surface area contributed by atoms with Crippen LogP contribution in [0, 0.1) is 0 Å². The van der Waals surface area contributed by atoms with Crippen molar-refractivity contribution in [3.8, 4) is 11.6 Å². The second-order valence-corrected chi connectivity index (χ2v) is 5.63. The summed E-state index contributed by atoms with van der Waals surface area (Å²) in [5, 5.41) is 7.36. The van der Waals surface area contributed by atoms with Crippen LogP contribution in [0.5, 0.6) is 5.88 Å². The Morgan fingerprint density at radius 1 is 1.20 bits per heavy atom. The molecule has 0 aliphatic rings. The van der Waals surface area contributed by atoms with E-state index in [1.54, 1.807) is 0 Å². The molecule has 1 aromatic carbocycles. The van der Waals surface area contributed by atoms with E-state index in [9.17, 15) is 13.2 Å². The van der Waals surface area contributed by atoms with Gasteiger partial charge in [0.15, 0.2) is 5.65 Å². The molecule has 0 amide bonds. The molecule has 4 aromatic rings. The molecule has 0 aliphatic carbocycles. The van der Waals surface area contributed by atoms with Gasteiger partial charge in [-0.05, 0) is 18.2 Å². The lowest BCUT2D eigenvalue weighted by atomic mass is 10.2. The Kier molecular flexibility index (Phi) is 3.36. The quantitative estimate of drug-likeness (QED) is 0.582. The zero-order valence-electron chi connectivity index (χ0n) is 12.6. The molecule has 0 bridgehead atoms. The molecule has 0 aliphatic heterocycles. The van der Waals surface area contributed by atoms with E-state index in [-0.39, 0.29) is 27.8 Å². The molecular weight excluding hydrogens is 359 g/mol. The minimum Gasteiger partial charge on any atom is -0.481 e. The summed E-state index contributed by atoms with van der Waals surface area (Å²) < 4.78 is 46.5. The third-order valence-electron chi connectivity index (χ3n) is 3.69. The second-order valence-electron chi connectivity index (χ2n) is 5.23. The van der Waals surface area contributed by atoms with Gasteiger partial charge in [-0.3, -0.25) is 9.67 Å². The molecule has 0 fully saturated rings. The first-order chi connectivity index (χ1) is 11.9. The number of methoxy groups -OCH3 is 1. The molecule has 25 heavy (non-hydrogen) atoms. The van der Waals surface area contributed by atoms with Gasteiger partial charge in [0.05, 0.1) is 29.5 Å². The standard InChI is InChI=1S/C15H9ClF3N5O/c1-25-11-3-2-10-13(22-11)24(14(21-10)15(17,18)19)8-4-7-6-20-23-12(7)9(16)5-8/h2-6H,1H3,(H,20,23). The molecule has 6 nitrogen and oxygen atoms in total. The molecule has 1 N–H and O–H groups in total. The number of H-pyrrole nitrogens is 1. The van der Waals surface area contributed by atoms with Crippen molar-refractivity contribution in [1.82, 2.24) is 24.7 Å². The van der Waals surface area contributed by atoms with Crippen LogP contribution < -0.4 is 4.74 Å². The number of benzene rings is 1. The van der Waals surface area contributed by atoms with Gasteiger partial charge in [0.25, 0.3) is 0 Å². The molecule has 3 heterocycles. The summed E-state index contributed by atoms with van der Waals surface area (Å²) in [7, 11) is 1.38. The predicted molar refractivity (Wildman–Crippen MR) is 85.1 cm³/mol. The van der Waals surface area contributed by atoms with E-state index in [0.717, 1.165) is 4.57 Å². The van der Waals surface area contributed by atoms with Gasteiger partial charge >= 0.3 is 6.18 Å². The van der Waals surface area contributed by atoms with Crippen LogP contribution in [-0.4, -0.2) is 31.8 Å². The third-order valence-corrected chi connectivity index (χ3v) is 3.98. The number of nitrogens with zero attached hydrogens (tertiary/aromatic N) is 4. The van der Waals surface area contributed by atoms with E-state index in [1.807, 2.05) is 0 Å². The summed E-state index contributed by atoms with van der Waals surface area (Å²) in [6.45, 7) is 0. The SMILES string of the molecule is COc1ccc2nc(C(F)(F)F)n(-c3cc(Cl)c4[nH]ncc4c3)c2n1. The Hall–Kier alpha value is -2.81. The minimum absolute atomic E-state index is 0.0191. The topological polar surface area (TPSA) is 68.6 Å². The Labute approximate surface area is 143 Å². The van der Waals surface area contributed by atoms with Gasteiger partial charge in [-0.1, -0.05) is 11.6 Å². The van der Waals surface area contributed by atoms with Gasteiger partial charge in [0.1, 0.15) is 5.52 Å². The highest BCUT2D eigenvalue weighted by atomic mass is 35.5. The normalized spacial score (nSPS) is 12.2. The lowest BCUT2D eigenvalue weighted by Gasteiger charge is -2.12. The summed E-state index contributed by atoms with van der Waals surface area (Å²) in [6, 6.07) is 5.80. The zero-order chi connectivity index (χ0) is 17.8. The smallest absolute Gasteiger partial charge is 0.450 e. The van der Waals surface area contributed by atoms with Crippen molar-refractivity contribution in [2.24, 2.45) is 0 Å². The van der Waals surface area contributed by atoms with Crippen LogP contribution in [0.25, 0.3) is 27.8 Å². The summed E-state index contributed by atoms with van der Waals surface area (Å²) in [6.07, 6.45) is -3.20. The fraction of sp³-hybridized carbons (Fsp3) is 0.133. The molecule has 128 valence electrons. The van der Waals surface area contributed by atoms with E-state index in [4.69, 9.17) is 16.3 Å². The van der Waals surface area contributed by atoms with Crippen molar-refractivity contribution in [1.29, 1.82) is 0 Å². The largest absolute Gasteiger partial charge is 0.481 e. The number of nitrogens with one attached hydrogen (secondary N) is 1. The van der Waals surface area contributed by atoms with Crippen LogP contribution in [0.3, 0.4) is 0 Å². The molecule has 0 atom stereocenters. The first-order valence-electron chi connectivity index (χ1n) is 7.02. The number of rotatable bonds is 2. The number of alkyl halides is 3. The van der Waals surface area contributed by atoms with Crippen LogP contribution in [0.2, 0.25) is 5.02 Å². The number of halogens is 4. The van der Waals surface area contributed by atoms with Crippen molar-refractivity contribution in [2.75, 3.05) is 7.11 Å². The highest BCUT2D eigenvalue weighted by molar-refractivity contribution is 6.35. The van der Waals surface area contributed by atoms with Gasteiger partial charge in [0.2, 0.25) is 11.7 Å². The van der Waals surface area contributed by atoms with E-state index < -0.39 is 12.0 Å². The van der Waals surface area contributed by atoms with Crippen molar-refractivity contribution in [3.63, 3.8) is 0 Å². The van der Waals surface area contributed by atoms with Crippen LogP contribution >= 0.6 is 11.6 Å². The predicted octanol–water partition coefficient (Wildman–Crippen LogP) is 3.98. The fourth-order valence-corrected chi connectivity index (χ4v) is 2.88. The second kappa shape index (κ2) is 5.35. The molecule has 0 radical (unpaired) electrons. The van der Waals surface area contributed by atoms with E-state index in [2.05, 4.69) is 20.2 Å². The number of imidazole rings is 1. The average molecular weight is 368 g/mol. The van der Waals surface area contributed by atoms with Gasteiger partial charge in [-0.2, -0.15) is 23.3 Å². The van der Waals surface area contributed by atoms with Crippen LogP contribution in [0.15, 0.2) is 30.5 Å². The molecule has 4 rings (SSSR count). The molecule has 0 unspecified atom stereocenters. The molecule has 0 saturated heterocycles. The van der Waals surface area contributed by atoms with Crippen molar-refractivity contribution in [2.45, 2.75) is 6.18 Å². The van der Waals surface area contributed by atoms with Crippen LogP contribution in [-0.2, 0) is 6.18 Å². The van der Waals surface area contributed by atoms with Crippen molar-refractivity contribution < 1.29 is 17.9 Å². The fourth-order valence-electron chi connectivity index (χ4n) is 2.62. The first-order valence-corrected chi connectivity index (χ1v) is 7.40. The number of ether oxygens (including phenoxy) is 1. The minimum atomic E-state index is -4.67. The molecule has 0 saturated carbocycles. The monoisotopic (exact) mass is 367 g/mol. The maximum absolute atomic E-state index is 13.5. The van der Waals surface area contributed by atoms with Gasteiger partial charge < -0.3 is 4.74 Å². The highest BCUT2D eigenvalue weighted by Gasteiger charge is 2.38. The lowest BCUT2D eigenvalue weighted by molar-refractivity contribution is -0.145. The van der Waals surface area contributed by atoms with E-state index in [0.29, 0.717) is 10.9 Å². The number of hydrogen-bond acceptors (Lipinski definition) is 4. The average Bonchev–Trinajstić information content (AvgIpc) is 3.17. The number of aromatic nitrogens is 5. The van der Waals surface area contributed by atoms with Gasteiger partial charge in [0, 0.05) is 11.5 Å². The Bertz CT molecular complexity index is 1100. The highest BCUT2D eigenvalue weighted by Crippen LogP contribution is 2.35. The van der Waals surface area contributed by atoms with Crippen LogP contribution in [0.4, 0.5) is 13.2 Å². The molecule has 3 aromatic heterocycles. The molecule has 0 spiro atoms. The maximum Gasteiger partial charge on any atom is 0.450 e. The summed E-state index contributed by atoms with van der Waals surface area (Å²) in [5.74, 6) is -0.917. The van der Waals surface area contributed by atoms with E-state index in [1.165, 1.54) is 37.6 Å². The number of pyridine rings is 1. The summed E-state index contributed by atoms with van der Waals surface area (Å²) >= 11 is 6.17. The molecule has 10 heteroatoms. The summed E-state index contributed by atoms with van der Waals surface area (Å²) in [5.41, 5.74) is 0.825. The third kappa shape index (κ3) is 2.47. The van der Waals surface area contributed by atoms with Gasteiger partial charge in [-0.25, -0.2) is 4.98 Å². The van der Waals surface area contributed by atoms with Crippen molar-refractivity contribution >= 4 is 33.7 Å². The summed E-state index contributed by atoms with van der Waals surface area (Å²) in [4.78, 5) is 7.80. The number of fused-ring (bicyclic) bond motifs is 2. The Morgan fingerprint density at radius 2 is 2.00 bits per heavy atom. The van der Waals surface area contributed by atoms with Crippen molar-refractivity contribution in [3.05, 3.63) is 41.3 Å². The zero-order valence-corrected chi connectivity index (χ0v) is 13.4. The van der Waals surface area contributed by atoms with E-state index >= 15 is 0 Å². The first kappa shape index (κ1) is 15.7. The number of aromatic amines is 1. The maximum atomic E-state index is 13.5. The Morgan fingerprint density at radius 3 is 2.72 bits per heavy atom. The van der Waals surface area contributed by atoms with Crippen LogP contribution in [0.1, 0.15) is 5.82 Å². The number of hydrogen-bond donors (Lipinski definition) is 1. The molecular formula is C15H9ClF3N5O. The lowest BCUT2D eigenvalue weighted by Crippen LogP contribution is -2.14. The Balaban J connectivity index is 2.09. The van der Waals surface area contributed by atoms with Gasteiger partial charge in [-0.15, -0.1) is 0 Å².